The molecule has 1 aromatic carbocycles. The summed E-state index contributed by atoms with van der Waals surface area (Å²) in [5.74, 6) is 0. The monoisotopic (exact) mass is 290 g/mol. The third-order valence-electron chi connectivity index (χ3n) is 1.75. The SMILES string of the molecule is CC(C)OC(CI)c1ccccc1. The fourth-order valence-corrected chi connectivity index (χ4v) is 1.92. The highest BCUT2D eigenvalue weighted by molar-refractivity contribution is 14.1. The number of hydrogen-bond donors (Lipinski definition) is 0. The largest absolute Gasteiger partial charge is 0.370 e. The quantitative estimate of drug-likeness (QED) is 0.608. The molecule has 0 saturated carbocycles. The van der Waals surface area contributed by atoms with Crippen molar-refractivity contribution >= 4 is 22.6 Å². The molecule has 0 amide bonds. The van der Waals surface area contributed by atoms with Crippen LogP contribution in [0.2, 0.25) is 0 Å². The Morgan fingerprint density at radius 1 is 1.23 bits per heavy atom. The number of ether oxygens (including phenoxy) is 1. The highest BCUT2D eigenvalue weighted by Gasteiger charge is 2.10. The van der Waals surface area contributed by atoms with E-state index in [-0.39, 0.29) is 6.10 Å². The van der Waals surface area contributed by atoms with Gasteiger partial charge in [0, 0.05) is 4.43 Å². The molecule has 0 aliphatic heterocycles. The lowest BCUT2D eigenvalue weighted by atomic mass is 10.1. The molecule has 0 spiro atoms. The fourth-order valence-electron chi connectivity index (χ4n) is 1.20. The first kappa shape index (κ1) is 11.0. The van der Waals surface area contributed by atoms with Crippen molar-refractivity contribution in [3.05, 3.63) is 35.9 Å². The zero-order chi connectivity index (χ0) is 9.68. The maximum atomic E-state index is 5.78. The van der Waals surface area contributed by atoms with Gasteiger partial charge < -0.3 is 4.74 Å². The molecule has 1 atom stereocenters. The third-order valence-corrected chi connectivity index (χ3v) is 2.55. The van der Waals surface area contributed by atoms with Gasteiger partial charge in [-0.1, -0.05) is 52.9 Å². The summed E-state index contributed by atoms with van der Waals surface area (Å²) in [5.41, 5.74) is 1.27. The minimum atomic E-state index is 0.238. The zero-order valence-corrected chi connectivity index (χ0v) is 10.2. The van der Waals surface area contributed by atoms with Crippen LogP contribution in [0, 0.1) is 0 Å². The smallest absolute Gasteiger partial charge is 0.0917 e. The molecule has 0 N–H and O–H groups in total. The van der Waals surface area contributed by atoms with Crippen LogP contribution in [0.5, 0.6) is 0 Å². The molecule has 0 bridgehead atoms. The first-order valence-corrected chi connectivity index (χ1v) is 6.03. The molecule has 0 aromatic heterocycles. The Hall–Kier alpha value is -0.0900. The second kappa shape index (κ2) is 5.60. The fraction of sp³-hybridized carbons (Fsp3) is 0.455. The van der Waals surface area contributed by atoms with Crippen LogP contribution in [0.25, 0.3) is 0 Å². The number of alkyl halides is 1. The Bertz CT molecular complexity index is 233. The van der Waals surface area contributed by atoms with Crippen LogP contribution in [0.4, 0.5) is 0 Å². The van der Waals surface area contributed by atoms with Crippen molar-refractivity contribution in [1.82, 2.24) is 0 Å². The van der Waals surface area contributed by atoms with Crippen molar-refractivity contribution in [2.45, 2.75) is 26.1 Å². The lowest BCUT2D eigenvalue weighted by Crippen LogP contribution is -2.11. The Labute approximate surface area is 93.6 Å². The molecular formula is C11H15IO. The summed E-state index contributed by atoms with van der Waals surface area (Å²) in [6, 6.07) is 10.4. The van der Waals surface area contributed by atoms with E-state index in [0.29, 0.717) is 6.10 Å². The molecule has 0 aliphatic rings. The number of halogens is 1. The first-order chi connectivity index (χ1) is 6.24. The van der Waals surface area contributed by atoms with Crippen molar-refractivity contribution in [3.63, 3.8) is 0 Å². The van der Waals surface area contributed by atoms with Gasteiger partial charge in [0.2, 0.25) is 0 Å². The van der Waals surface area contributed by atoms with Gasteiger partial charge in [0.05, 0.1) is 12.2 Å². The minimum Gasteiger partial charge on any atom is -0.370 e. The molecule has 0 fully saturated rings. The van der Waals surface area contributed by atoms with Gasteiger partial charge in [-0.2, -0.15) is 0 Å². The highest BCUT2D eigenvalue weighted by Crippen LogP contribution is 2.20. The van der Waals surface area contributed by atoms with E-state index >= 15 is 0 Å². The molecule has 1 nitrogen and oxygen atoms in total. The molecule has 1 unspecified atom stereocenters. The molecule has 0 aliphatic carbocycles. The van der Waals surface area contributed by atoms with Gasteiger partial charge in [-0.15, -0.1) is 0 Å². The first-order valence-electron chi connectivity index (χ1n) is 4.50. The second-order valence-electron chi connectivity index (χ2n) is 3.24. The standard InChI is InChI=1S/C11H15IO/c1-9(2)13-11(8-12)10-6-4-3-5-7-10/h3-7,9,11H,8H2,1-2H3. The molecular weight excluding hydrogens is 275 g/mol. The maximum absolute atomic E-state index is 5.78. The van der Waals surface area contributed by atoms with Crippen molar-refractivity contribution in [2.24, 2.45) is 0 Å². The van der Waals surface area contributed by atoms with E-state index in [1.165, 1.54) is 5.56 Å². The lowest BCUT2D eigenvalue weighted by molar-refractivity contribution is 0.0224. The van der Waals surface area contributed by atoms with Gasteiger partial charge in [0.15, 0.2) is 0 Å². The summed E-state index contributed by atoms with van der Waals surface area (Å²) in [6.45, 7) is 4.14. The van der Waals surface area contributed by atoms with Crippen LogP contribution >= 0.6 is 22.6 Å². The summed E-state index contributed by atoms with van der Waals surface area (Å²) >= 11 is 2.36. The summed E-state index contributed by atoms with van der Waals surface area (Å²) in [5, 5.41) is 0. The van der Waals surface area contributed by atoms with Crippen molar-refractivity contribution in [3.8, 4) is 0 Å². The van der Waals surface area contributed by atoms with Gasteiger partial charge in [0.25, 0.3) is 0 Å². The molecule has 1 aromatic rings. The van der Waals surface area contributed by atoms with E-state index in [2.05, 4.69) is 60.7 Å². The maximum Gasteiger partial charge on any atom is 0.0917 e. The topological polar surface area (TPSA) is 9.23 Å². The predicted octanol–water partition coefficient (Wildman–Crippen LogP) is 3.59. The predicted molar refractivity (Wildman–Crippen MR) is 64.3 cm³/mol. The van der Waals surface area contributed by atoms with Crippen LogP contribution in [0.1, 0.15) is 25.5 Å². The Kier molecular flexibility index (Phi) is 4.73. The number of benzene rings is 1. The second-order valence-corrected chi connectivity index (χ2v) is 4.12. The van der Waals surface area contributed by atoms with Crippen LogP contribution in [-0.4, -0.2) is 10.5 Å². The van der Waals surface area contributed by atoms with Crippen molar-refractivity contribution in [2.75, 3.05) is 4.43 Å². The van der Waals surface area contributed by atoms with E-state index in [4.69, 9.17) is 4.74 Å². The molecule has 0 heterocycles. The molecule has 0 saturated heterocycles. The van der Waals surface area contributed by atoms with Crippen LogP contribution in [-0.2, 0) is 4.74 Å². The summed E-state index contributed by atoms with van der Waals surface area (Å²) in [4.78, 5) is 0. The van der Waals surface area contributed by atoms with Crippen molar-refractivity contribution < 1.29 is 4.74 Å². The number of rotatable bonds is 4. The zero-order valence-electron chi connectivity index (χ0n) is 8.03. The van der Waals surface area contributed by atoms with Gasteiger partial charge in [-0.05, 0) is 19.4 Å². The Morgan fingerprint density at radius 2 is 1.85 bits per heavy atom. The average molecular weight is 290 g/mol. The van der Waals surface area contributed by atoms with E-state index in [1.807, 2.05) is 6.07 Å². The van der Waals surface area contributed by atoms with E-state index in [0.717, 1.165) is 4.43 Å². The highest BCUT2D eigenvalue weighted by atomic mass is 127. The molecule has 0 radical (unpaired) electrons. The van der Waals surface area contributed by atoms with Gasteiger partial charge in [-0.25, -0.2) is 0 Å². The van der Waals surface area contributed by atoms with Crippen LogP contribution in [0.3, 0.4) is 0 Å². The Balaban J connectivity index is 2.67. The third kappa shape index (κ3) is 3.65. The Morgan fingerprint density at radius 3 is 2.31 bits per heavy atom. The van der Waals surface area contributed by atoms with E-state index in [9.17, 15) is 0 Å². The normalized spacial score (nSPS) is 13.2. The van der Waals surface area contributed by atoms with Crippen molar-refractivity contribution in [1.29, 1.82) is 0 Å². The van der Waals surface area contributed by atoms with Crippen LogP contribution in [0.15, 0.2) is 30.3 Å². The number of hydrogen-bond acceptors (Lipinski definition) is 1. The average Bonchev–Trinajstić information content (AvgIpc) is 2.15. The van der Waals surface area contributed by atoms with E-state index < -0.39 is 0 Å². The summed E-state index contributed by atoms with van der Waals surface area (Å²) in [7, 11) is 0. The lowest BCUT2D eigenvalue weighted by Gasteiger charge is -2.18. The molecule has 72 valence electrons. The summed E-state index contributed by atoms with van der Waals surface area (Å²) in [6.07, 6.45) is 0.529. The van der Waals surface area contributed by atoms with E-state index in [1.54, 1.807) is 0 Å². The van der Waals surface area contributed by atoms with Gasteiger partial charge >= 0.3 is 0 Å². The molecule has 2 heteroatoms. The minimum absolute atomic E-state index is 0.238. The van der Waals surface area contributed by atoms with Crippen LogP contribution < -0.4 is 0 Å². The van der Waals surface area contributed by atoms with Gasteiger partial charge in [-0.3, -0.25) is 0 Å². The van der Waals surface area contributed by atoms with Gasteiger partial charge in [0.1, 0.15) is 0 Å². The molecule has 13 heavy (non-hydrogen) atoms. The molecule has 1 rings (SSSR count). The summed E-state index contributed by atoms with van der Waals surface area (Å²) < 4.78 is 6.78.